The minimum Gasteiger partial charge on any atom is -0.489 e. The van der Waals surface area contributed by atoms with Gasteiger partial charge in [0.05, 0.1) is 0 Å². The van der Waals surface area contributed by atoms with E-state index >= 15 is 0 Å². The third kappa shape index (κ3) is 2.43. The maximum atomic E-state index is 10.9. The number of carbonyl (C=O) groups excluding carboxylic acids is 1. The second-order valence-electron chi connectivity index (χ2n) is 4.84. The number of nitrogens with one attached hydrogen (secondary N) is 1. The van der Waals surface area contributed by atoms with Gasteiger partial charge in [-0.15, -0.1) is 0 Å². The Morgan fingerprint density at radius 2 is 1.95 bits per heavy atom. The fourth-order valence-corrected chi connectivity index (χ4v) is 2.17. The Hall–Kier alpha value is -2.55. The summed E-state index contributed by atoms with van der Waals surface area (Å²) in [6.45, 7) is 2.60. The van der Waals surface area contributed by atoms with E-state index in [1.807, 2.05) is 18.2 Å². The molecule has 0 radical (unpaired) electrons. The number of aromatic amines is 1. The summed E-state index contributed by atoms with van der Waals surface area (Å²) in [5.74, 6) is 0.789. The fourth-order valence-electron chi connectivity index (χ4n) is 2.17. The van der Waals surface area contributed by atoms with Crippen LogP contribution in [-0.2, 0) is 6.61 Å². The van der Waals surface area contributed by atoms with Crippen molar-refractivity contribution in [1.29, 1.82) is 0 Å². The van der Waals surface area contributed by atoms with Gasteiger partial charge < -0.3 is 9.72 Å². The minimum absolute atomic E-state index is 0.535. The van der Waals surface area contributed by atoms with Crippen LogP contribution < -0.4 is 4.74 Å². The first-order valence-corrected chi connectivity index (χ1v) is 6.51. The molecule has 100 valence electrons. The van der Waals surface area contributed by atoms with Crippen molar-refractivity contribution in [2.75, 3.05) is 0 Å². The number of fused-ring (bicyclic) bond motifs is 1. The van der Waals surface area contributed by atoms with E-state index in [1.54, 1.807) is 6.20 Å². The Labute approximate surface area is 117 Å². The molecule has 3 heteroatoms. The number of hydrogen-bond acceptors (Lipinski definition) is 2. The fraction of sp³-hybridized carbons (Fsp3) is 0.118. The summed E-state index contributed by atoms with van der Waals surface area (Å²) in [5.41, 5.74) is 3.96. The van der Waals surface area contributed by atoms with E-state index in [4.69, 9.17) is 4.74 Å². The highest BCUT2D eigenvalue weighted by atomic mass is 16.5. The Morgan fingerprint density at radius 3 is 2.70 bits per heavy atom. The van der Waals surface area contributed by atoms with Gasteiger partial charge in [-0.2, -0.15) is 0 Å². The molecule has 1 N–H and O–H groups in total. The van der Waals surface area contributed by atoms with E-state index in [-0.39, 0.29) is 0 Å². The van der Waals surface area contributed by atoms with Gasteiger partial charge in [-0.3, -0.25) is 4.79 Å². The Bertz CT molecular complexity index is 741. The zero-order chi connectivity index (χ0) is 13.9. The molecule has 0 saturated carbocycles. The van der Waals surface area contributed by atoms with Crippen molar-refractivity contribution in [1.82, 2.24) is 4.98 Å². The van der Waals surface area contributed by atoms with Gasteiger partial charge in [-0.05, 0) is 24.6 Å². The molecule has 1 aromatic heterocycles. The highest BCUT2D eigenvalue weighted by Gasteiger charge is 2.04. The van der Waals surface area contributed by atoms with Gasteiger partial charge in [0.2, 0.25) is 0 Å². The van der Waals surface area contributed by atoms with Gasteiger partial charge in [0.1, 0.15) is 12.4 Å². The highest BCUT2D eigenvalue weighted by Crippen LogP contribution is 2.23. The lowest BCUT2D eigenvalue weighted by atomic mass is 10.1. The summed E-state index contributed by atoms with van der Waals surface area (Å²) in [4.78, 5) is 13.9. The Morgan fingerprint density at radius 1 is 1.15 bits per heavy atom. The molecule has 1 heterocycles. The van der Waals surface area contributed by atoms with Gasteiger partial charge in [0, 0.05) is 28.7 Å². The number of ether oxygens (including phenoxy) is 1. The van der Waals surface area contributed by atoms with Crippen molar-refractivity contribution in [2.45, 2.75) is 13.5 Å². The predicted octanol–water partition coefficient (Wildman–Crippen LogP) is 3.87. The van der Waals surface area contributed by atoms with E-state index in [0.717, 1.165) is 28.5 Å². The van der Waals surface area contributed by atoms with Crippen molar-refractivity contribution in [3.05, 3.63) is 65.4 Å². The molecule has 2 aromatic carbocycles. The predicted molar refractivity (Wildman–Crippen MR) is 79.2 cm³/mol. The van der Waals surface area contributed by atoms with E-state index in [9.17, 15) is 4.79 Å². The van der Waals surface area contributed by atoms with Crippen LogP contribution in [0.25, 0.3) is 10.9 Å². The third-order valence-electron chi connectivity index (χ3n) is 3.34. The molecule has 3 nitrogen and oxygen atoms in total. The van der Waals surface area contributed by atoms with Crippen LogP contribution in [0, 0.1) is 6.92 Å². The van der Waals surface area contributed by atoms with E-state index in [1.165, 1.54) is 5.56 Å². The summed E-state index contributed by atoms with van der Waals surface area (Å²) in [6.07, 6.45) is 2.56. The van der Waals surface area contributed by atoms with Crippen LogP contribution in [0.3, 0.4) is 0 Å². The number of hydrogen-bond donors (Lipinski definition) is 1. The molecule has 3 rings (SSSR count). The molecular weight excluding hydrogens is 250 g/mol. The SMILES string of the molecule is Cc1ccc(COc2ccc3c(C=O)c[nH]c3c2)cc1. The number of aromatic nitrogens is 1. The van der Waals surface area contributed by atoms with Crippen LogP contribution in [0.4, 0.5) is 0 Å². The average Bonchev–Trinajstić information content (AvgIpc) is 2.89. The van der Waals surface area contributed by atoms with E-state index in [0.29, 0.717) is 12.2 Å². The molecule has 0 aliphatic heterocycles. The monoisotopic (exact) mass is 265 g/mol. The number of aldehydes is 1. The first kappa shape index (κ1) is 12.5. The van der Waals surface area contributed by atoms with Gasteiger partial charge in [-0.25, -0.2) is 0 Å². The standard InChI is InChI=1S/C17H15NO2/c1-12-2-4-13(5-3-12)11-20-15-6-7-16-14(10-19)9-18-17(16)8-15/h2-10,18H,11H2,1H3. The summed E-state index contributed by atoms with van der Waals surface area (Å²) in [5, 5.41) is 0.919. The number of rotatable bonds is 4. The maximum absolute atomic E-state index is 10.9. The van der Waals surface area contributed by atoms with Gasteiger partial charge in [-0.1, -0.05) is 29.8 Å². The molecule has 0 fully saturated rings. The number of carbonyl (C=O) groups is 1. The van der Waals surface area contributed by atoms with Crippen LogP contribution >= 0.6 is 0 Å². The van der Waals surface area contributed by atoms with Crippen LogP contribution in [0.5, 0.6) is 5.75 Å². The van der Waals surface area contributed by atoms with Crippen molar-refractivity contribution < 1.29 is 9.53 Å². The van der Waals surface area contributed by atoms with Crippen LogP contribution in [0.1, 0.15) is 21.5 Å². The van der Waals surface area contributed by atoms with Gasteiger partial charge in [0.15, 0.2) is 6.29 Å². The second-order valence-corrected chi connectivity index (χ2v) is 4.84. The average molecular weight is 265 g/mol. The molecule has 0 saturated heterocycles. The van der Waals surface area contributed by atoms with Crippen molar-refractivity contribution in [2.24, 2.45) is 0 Å². The van der Waals surface area contributed by atoms with E-state index < -0.39 is 0 Å². The van der Waals surface area contributed by atoms with Gasteiger partial charge in [0.25, 0.3) is 0 Å². The van der Waals surface area contributed by atoms with Crippen LogP contribution in [-0.4, -0.2) is 11.3 Å². The quantitative estimate of drug-likeness (QED) is 0.728. The molecule has 3 aromatic rings. The Balaban J connectivity index is 1.77. The second kappa shape index (κ2) is 5.21. The zero-order valence-corrected chi connectivity index (χ0v) is 11.2. The third-order valence-corrected chi connectivity index (χ3v) is 3.34. The first-order chi connectivity index (χ1) is 9.76. The topological polar surface area (TPSA) is 42.1 Å². The van der Waals surface area contributed by atoms with Crippen LogP contribution in [0.15, 0.2) is 48.7 Å². The number of benzene rings is 2. The summed E-state index contributed by atoms with van der Waals surface area (Å²) < 4.78 is 5.77. The smallest absolute Gasteiger partial charge is 0.152 e. The summed E-state index contributed by atoms with van der Waals surface area (Å²) >= 11 is 0. The van der Waals surface area contributed by atoms with Gasteiger partial charge >= 0.3 is 0 Å². The molecule has 0 unspecified atom stereocenters. The Kier molecular flexibility index (Phi) is 3.25. The molecule has 20 heavy (non-hydrogen) atoms. The van der Waals surface area contributed by atoms with Crippen molar-refractivity contribution >= 4 is 17.2 Å². The number of aryl methyl sites for hydroxylation is 1. The zero-order valence-electron chi connectivity index (χ0n) is 11.2. The summed E-state index contributed by atoms with van der Waals surface area (Å²) in [6, 6.07) is 14.0. The molecule has 0 aliphatic carbocycles. The molecule has 0 aliphatic rings. The molecule has 0 spiro atoms. The molecule has 0 bridgehead atoms. The first-order valence-electron chi connectivity index (χ1n) is 6.51. The maximum Gasteiger partial charge on any atom is 0.152 e. The highest BCUT2D eigenvalue weighted by molar-refractivity contribution is 5.97. The molecule has 0 atom stereocenters. The van der Waals surface area contributed by atoms with Crippen molar-refractivity contribution in [3.8, 4) is 5.75 Å². The number of H-pyrrole nitrogens is 1. The lowest BCUT2D eigenvalue weighted by Gasteiger charge is -2.06. The lowest BCUT2D eigenvalue weighted by Crippen LogP contribution is -1.95. The molecular formula is C17H15NO2. The summed E-state index contributed by atoms with van der Waals surface area (Å²) in [7, 11) is 0. The lowest BCUT2D eigenvalue weighted by molar-refractivity contribution is 0.112. The van der Waals surface area contributed by atoms with E-state index in [2.05, 4.69) is 36.2 Å². The minimum atomic E-state index is 0.535. The normalized spacial score (nSPS) is 10.7. The largest absolute Gasteiger partial charge is 0.489 e. The van der Waals surface area contributed by atoms with Crippen molar-refractivity contribution in [3.63, 3.8) is 0 Å². The van der Waals surface area contributed by atoms with Crippen LogP contribution in [0.2, 0.25) is 0 Å². The molecule has 0 amide bonds.